The van der Waals surface area contributed by atoms with Crippen LogP contribution in [0.2, 0.25) is 0 Å². The maximum Gasteiger partial charge on any atom is 0.187 e. The lowest BCUT2D eigenvalue weighted by Gasteiger charge is -2.24. The summed E-state index contributed by atoms with van der Waals surface area (Å²) in [6.45, 7) is 2.18. The summed E-state index contributed by atoms with van der Waals surface area (Å²) < 4.78 is 28.3. The fraction of sp³-hybridized carbons (Fsp3) is 0.375. The first kappa shape index (κ1) is 13.9. The Kier molecular flexibility index (Phi) is 3.82. The van der Waals surface area contributed by atoms with Crippen molar-refractivity contribution in [3.8, 4) is 0 Å². The van der Waals surface area contributed by atoms with Gasteiger partial charge >= 0.3 is 0 Å². The van der Waals surface area contributed by atoms with Crippen LogP contribution in [0, 0.1) is 11.6 Å². The molecule has 5 heteroatoms. The molecule has 1 fully saturated rings. The van der Waals surface area contributed by atoms with Crippen LogP contribution in [0.25, 0.3) is 0 Å². The first-order chi connectivity index (χ1) is 10.2. The van der Waals surface area contributed by atoms with E-state index in [0.717, 1.165) is 12.8 Å². The average molecular weight is 289 g/mol. The predicted molar refractivity (Wildman–Crippen MR) is 77.0 cm³/mol. The van der Waals surface area contributed by atoms with Gasteiger partial charge in [0.25, 0.3) is 0 Å². The van der Waals surface area contributed by atoms with Crippen LogP contribution in [0.4, 0.5) is 14.6 Å². The van der Waals surface area contributed by atoms with Crippen LogP contribution < -0.4 is 4.90 Å². The van der Waals surface area contributed by atoms with Crippen LogP contribution in [-0.2, 0) is 13.0 Å². The molecule has 0 N–H and O–H groups in total. The number of aryl methyl sites for hydroxylation is 1. The molecule has 110 valence electrons. The van der Waals surface area contributed by atoms with Gasteiger partial charge in [-0.15, -0.1) is 0 Å². The van der Waals surface area contributed by atoms with Gasteiger partial charge in [-0.1, -0.05) is 25.1 Å². The molecule has 0 atom stereocenters. The zero-order chi connectivity index (χ0) is 14.8. The summed E-state index contributed by atoms with van der Waals surface area (Å²) in [6, 6.07) is 6.83. The highest BCUT2D eigenvalue weighted by atomic mass is 19.1. The first-order valence-corrected chi connectivity index (χ1v) is 7.20. The van der Waals surface area contributed by atoms with Gasteiger partial charge in [-0.2, -0.15) is 0 Å². The van der Waals surface area contributed by atoms with Gasteiger partial charge in [0.1, 0.15) is 12.1 Å². The van der Waals surface area contributed by atoms with E-state index in [1.807, 2.05) is 11.8 Å². The fourth-order valence-corrected chi connectivity index (χ4v) is 2.42. The number of rotatable bonds is 5. The summed E-state index contributed by atoms with van der Waals surface area (Å²) >= 11 is 0. The van der Waals surface area contributed by atoms with E-state index in [0.29, 0.717) is 24.2 Å². The van der Waals surface area contributed by atoms with E-state index in [1.54, 1.807) is 18.2 Å². The number of nitrogens with zero attached hydrogens (tertiary/aromatic N) is 3. The summed E-state index contributed by atoms with van der Waals surface area (Å²) in [6.07, 6.45) is 3.87. The van der Waals surface area contributed by atoms with Gasteiger partial charge in [0, 0.05) is 18.2 Å². The van der Waals surface area contributed by atoms with Gasteiger partial charge in [0.05, 0.1) is 5.69 Å². The zero-order valence-corrected chi connectivity index (χ0v) is 11.9. The van der Waals surface area contributed by atoms with Crippen molar-refractivity contribution in [3.63, 3.8) is 0 Å². The molecule has 2 aromatic rings. The molecule has 0 amide bonds. The second-order valence-corrected chi connectivity index (χ2v) is 5.26. The van der Waals surface area contributed by atoms with E-state index in [9.17, 15) is 8.78 Å². The van der Waals surface area contributed by atoms with Crippen LogP contribution in [0.5, 0.6) is 0 Å². The molecule has 1 aliphatic rings. The Balaban J connectivity index is 1.94. The highest BCUT2D eigenvalue weighted by Crippen LogP contribution is 2.34. The summed E-state index contributed by atoms with van der Waals surface area (Å²) in [5, 5.41) is 0. The predicted octanol–water partition coefficient (Wildman–Crippen LogP) is 3.49. The lowest BCUT2D eigenvalue weighted by Crippen LogP contribution is -2.28. The molecule has 0 bridgehead atoms. The lowest BCUT2D eigenvalue weighted by molar-refractivity contribution is 0.572. The third-order valence-corrected chi connectivity index (χ3v) is 3.74. The highest BCUT2D eigenvalue weighted by Gasteiger charge is 2.32. The van der Waals surface area contributed by atoms with Gasteiger partial charge in [-0.05, 0) is 25.3 Å². The van der Waals surface area contributed by atoms with Crippen molar-refractivity contribution in [3.05, 3.63) is 53.5 Å². The van der Waals surface area contributed by atoms with Crippen molar-refractivity contribution in [2.75, 3.05) is 4.90 Å². The standard InChI is InChI=1S/C16H17F2N3/c1-2-14-15(18)16(20-10-19-14)21(12-7-8-12)9-11-5-3-4-6-13(11)17/h3-6,10,12H,2,7-9H2,1H3. The lowest BCUT2D eigenvalue weighted by atomic mass is 10.2. The molecule has 3 rings (SSSR count). The van der Waals surface area contributed by atoms with E-state index < -0.39 is 0 Å². The average Bonchev–Trinajstić information content (AvgIpc) is 3.32. The number of benzene rings is 1. The molecule has 0 radical (unpaired) electrons. The third kappa shape index (κ3) is 2.86. The Morgan fingerprint density at radius 3 is 2.62 bits per heavy atom. The van der Waals surface area contributed by atoms with E-state index in [4.69, 9.17) is 0 Å². The summed E-state index contributed by atoms with van der Waals surface area (Å²) in [4.78, 5) is 9.90. The molecule has 21 heavy (non-hydrogen) atoms. The number of hydrogen-bond acceptors (Lipinski definition) is 3. The van der Waals surface area contributed by atoms with Crippen LogP contribution in [-0.4, -0.2) is 16.0 Å². The first-order valence-electron chi connectivity index (χ1n) is 7.20. The van der Waals surface area contributed by atoms with Gasteiger partial charge in [0.2, 0.25) is 0 Å². The largest absolute Gasteiger partial charge is 0.347 e. The van der Waals surface area contributed by atoms with Crippen LogP contribution >= 0.6 is 0 Å². The van der Waals surface area contributed by atoms with E-state index in [2.05, 4.69) is 9.97 Å². The molecule has 1 aliphatic carbocycles. The SMILES string of the molecule is CCc1ncnc(N(Cc2ccccc2F)C2CC2)c1F. The van der Waals surface area contributed by atoms with Gasteiger partial charge < -0.3 is 4.90 Å². The Bertz CT molecular complexity index is 641. The Hall–Kier alpha value is -2.04. The topological polar surface area (TPSA) is 29.0 Å². The van der Waals surface area contributed by atoms with Gasteiger partial charge in [0.15, 0.2) is 11.6 Å². The monoisotopic (exact) mass is 289 g/mol. The van der Waals surface area contributed by atoms with Crippen molar-refractivity contribution in [2.24, 2.45) is 0 Å². The van der Waals surface area contributed by atoms with Crippen LogP contribution in [0.1, 0.15) is 31.0 Å². The Morgan fingerprint density at radius 1 is 1.19 bits per heavy atom. The molecule has 1 aromatic heterocycles. The van der Waals surface area contributed by atoms with Crippen molar-refractivity contribution < 1.29 is 8.78 Å². The normalized spacial score (nSPS) is 14.2. The van der Waals surface area contributed by atoms with Crippen molar-refractivity contribution in [1.82, 2.24) is 9.97 Å². The van der Waals surface area contributed by atoms with Crippen molar-refractivity contribution >= 4 is 5.82 Å². The van der Waals surface area contributed by atoms with Gasteiger partial charge in [-0.3, -0.25) is 0 Å². The Morgan fingerprint density at radius 2 is 1.95 bits per heavy atom. The molecule has 3 nitrogen and oxygen atoms in total. The van der Waals surface area contributed by atoms with Crippen LogP contribution in [0.3, 0.4) is 0 Å². The molecule has 0 aliphatic heterocycles. The quantitative estimate of drug-likeness (QED) is 0.843. The second-order valence-electron chi connectivity index (χ2n) is 5.26. The molecular formula is C16H17F2N3. The van der Waals surface area contributed by atoms with Crippen molar-refractivity contribution in [2.45, 2.75) is 38.8 Å². The minimum absolute atomic E-state index is 0.235. The molecular weight excluding hydrogens is 272 g/mol. The molecule has 1 aromatic carbocycles. The summed E-state index contributed by atoms with van der Waals surface area (Å²) in [5.41, 5.74) is 0.958. The van der Waals surface area contributed by atoms with E-state index in [1.165, 1.54) is 12.4 Å². The number of anilines is 1. The maximum absolute atomic E-state index is 14.5. The third-order valence-electron chi connectivity index (χ3n) is 3.74. The van der Waals surface area contributed by atoms with Crippen LogP contribution in [0.15, 0.2) is 30.6 Å². The zero-order valence-electron chi connectivity index (χ0n) is 11.9. The number of halogens is 2. The highest BCUT2D eigenvalue weighted by molar-refractivity contribution is 5.45. The molecule has 1 heterocycles. The van der Waals surface area contributed by atoms with Gasteiger partial charge in [-0.25, -0.2) is 18.7 Å². The minimum Gasteiger partial charge on any atom is -0.347 e. The molecule has 0 saturated heterocycles. The minimum atomic E-state index is -0.386. The molecule has 0 unspecified atom stereocenters. The smallest absolute Gasteiger partial charge is 0.187 e. The second kappa shape index (κ2) is 5.76. The summed E-state index contributed by atoms with van der Waals surface area (Å²) in [5.74, 6) is -0.371. The summed E-state index contributed by atoms with van der Waals surface area (Å²) in [7, 11) is 0. The van der Waals surface area contributed by atoms with E-state index >= 15 is 0 Å². The molecule has 0 spiro atoms. The van der Waals surface area contributed by atoms with Crippen molar-refractivity contribution in [1.29, 1.82) is 0 Å². The fourth-order valence-electron chi connectivity index (χ4n) is 2.42. The number of hydrogen-bond donors (Lipinski definition) is 0. The maximum atomic E-state index is 14.5. The van der Waals surface area contributed by atoms with E-state index in [-0.39, 0.29) is 23.5 Å². The number of aromatic nitrogens is 2. The Labute approximate surface area is 122 Å². The molecule has 1 saturated carbocycles.